The zero-order chi connectivity index (χ0) is 22.4. The molecule has 1 heteroatoms. The predicted octanol–water partition coefficient (Wildman–Crippen LogP) is 8.19. The normalized spacial score (nSPS) is 17.3. The van der Waals surface area contributed by atoms with Crippen LogP contribution >= 0.6 is 0 Å². The molecule has 0 saturated carbocycles. The van der Waals surface area contributed by atoms with Crippen molar-refractivity contribution >= 4 is 5.70 Å². The van der Waals surface area contributed by atoms with Gasteiger partial charge >= 0.3 is 0 Å². The first kappa shape index (κ1) is 24.3. The van der Waals surface area contributed by atoms with Crippen molar-refractivity contribution in [3.8, 4) is 0 Å². The van der Waals surface area contributed by atoms with Gasteiger partial charge in [0.1, 0.15) is 0 Å². The smallest absolute Gasteiger partial charge is 0.0369 e. The molecule has 0 aliphatic heterocycles. The van der Waals surface area contributed by atoms with Crippen LogP contribution in [0.25, 0.3) is 5.70 Å². The first-order valence-electron chi connectivity index (χ1n) is 11.8. The summed E-state index contributed by atoms with van der Waals surface area (Å²) in [6.45, 7) is 24.8. The van der Waals surface area contributed by atoms with Crippen LogP contribution < -0.4 is 0 Å². The lowest BCUT2D eigenvalue weighted by Crippen LogP contribution is -2.24. The Hall–Kier alpha value is -2.02. The number of hydrogen-bond acceptors (Lipinski definition) is 1. The quantitative estimate of drug-likeness (QED) is 0.400. The molecule has 0 radical (unpaired) electrons. The van der Waals surface area contributed by atoms with Crippen LogP contribution in [0.4, 0.5) is 0 Å². The molecule has 0 heterocycles. The fourth-order valence-electron chi connectivity index (χ4n) is 4.91. The highest BCUT2D eigenvalue weighted by Gasteiger charge is 2.17. The lowest BCUT2D eigenvalue weighted by atomic mass is 9.83. The summed E-state index contributed by atoms with van der Waals surface area (Å²) < 4.78 is 0. The van der Waals surface area contributed by atoms with E-state index < -0.39 is 0 Å². The van der Waals surface area contributed by atoms with Crippen molar-refractivity contribution in [3.63, 3.8) is 0 Å². The molecule has 0 spiro atoms. The summed E-state index contributed by atoms with van der Waals surface area (Å²) in [5, 5.41) is 0. The Labute approximate surface area is 186 Å². The van der Waals surface area contributed by atoms with E-state index in [1.54, 1.807) is 0 Å². The molecule has 0 saturated heterocycles. The molecular weight excluding hydrogens is 362 g/mol. The second-order valence-electron chi connectivity index (χ2n) is 9.37. The summed E-state index contributed by atoms with van der Waals surface area (Å²) in [6, 6.07) is 4.56. The molecule has 30 heavy (non-hydrogen) atoms. The number of nitrogens with zero attached hydrogens (tertiary/aromatic N) is 1. The fraction of sp³-hybridized carbons (Fsp3) is 0.517. The van der Waals surface area contributed by atoms with Gasteiger partial charge in [-0.3, -0.25) is 0 Å². The van der Waals surface area contributed by atoms with Crippen molar-refractivity contribution in [1.82, 2.24) is 4.90 Å². The summed E-state index contributed by atoms with van der Waals surface area (Å²) in [6.07, 6.45) is 9.29. The number of benzene rings is 1. The van der Waals surface area contributed by atoms with Crippen LogP contribution in [0, 0.1) is 19.8 Å². The summed E-state index contributed by atoms with van der Waals surface area (Å²) in [7, 11) is 0. The molecule has 1 nitrogen and oxygen atoms in total. The average molecular weight is 406 g/mol. The summed E-state index contributed by atoms with van der Waals surface area (Å²) in [5.74, 6) is 0.606. The van der Waals surface area contributed by atoms with Gasteiger partial charge in [-0.05, 0) is 94.1 Å². The van der Waals surface area contributed by atoms with E-state index in [0.717, 1.165) is 32.4 Å². The summed E-state index contributed by atoms with van der Waals surface area (Å²) in [5.41, 5.74) is 12.6. The minimum atomic E-state index is 0.606. The van der Waals surface area contributed by atoms with Gasteiger partial charge in [-0.25, -0.2) is 0 Å². The van der Waals surface area contributed by atoms with E-state index in [2.05, 4.69) is 91.2 Å². The molecule has 1 aromatic carbocycles. The molecule has 0 N–H and O–H groups in total. The molecule has 1 aliphatic rings. The van der Waals surface area contributed by atoms with Crippen LogP contribution in [-0.2, 0) is 6.42 Å². The second-order valence-corrected chi connectivity index (χ2v) is 9.37. The van der Waals surface area contributed by atoms with E-state index in [1.807, 2.05) is 0 Å². The van der Waals surface area contributed by atoms with E-state index in [0.29, 0.717) is 5.92 Å². The Bertz CT molecular complexity index is 857. The van der Waals surface area contributed by atoms with E-state index >= 15 is 0 Å². The van der Waals surface area contributed by atoms with Gasteiger partial charge in [0.25, 0.3) is 0 Å². The SMILES string of the molecule is C=C(c1ccc(C)c(C/C(C)=C/C2=C(C)C=C(C)CC2C)c1C)N(CCC)CCC. The van der Waals surface area contributed by atoms with Gasteiger partial charge in [-0.1, -0.05) is 62.8 Å². The van der Waals surface area contributed by atoms with Crippen LogP contribution in [-0.4, -0.2) is 18.0 Å². The molecule has 1 unspecified atom stereocenters. The van der Waals surface area contributed by atoms with E-state index in [1.165, 1.54) is 56.7 Å². The average Bonchev–Trinajstić information content (AvgIpc) is 2.67. The minimum Gasteiger partial charge on any atom is -0.372 e. The molecule has 1 aliphatic carbocycles. The van der Waals surface area contributed by atoms with Crippen molar-refractivity contribution < 1.29 is 0 Å². The lowest BCUT2D eigenvalue weighted by molar-refractivity contribution is 0.396. The van der Waals surface area contributed by atoms with Crippen molar-refractivity contribution in [2.45, 2.75) is 81.1 Å². The molecule has 1 aromatic rings. The highest BCUT2D eigenvalue weighted by molar-refractivity contribution is 5.67. The van der Waals surface area contributed by atoms with Crippen molar-refractivity contribution in [3.05, 3.63) is 75.4 Å². The van der Waals surface area contributed by atoms with Gasteiger partial charge in [-0.15, -0.1) is 0 Å². The Kier molecular flexibility index (Phi) is 8.77. The van der Waals surface area contributed by atoms with Gasteiger partial charge in [-0.2, -0.15) is 0 Å². The molecule has 0 bridgehead atoms. The zero-order valence-electron chi connectivity index (χ0n) is 20.8. The van der Waals surface area contributed by atoms with E-state index in [9.17, 15) is 0 Å². The Morgan fingerprint density at radius 3 is 2.30 bits per heavy atom. The van der Waals surface area contributed by atoms with E-state index in [-0.39, 0.29) is 0 Å². The van der Waals surface area contributed by atoms with Gasteiger partial charge in [0, 0.05) is 24.4 Å². The third kappa shape index (κ3) is 5.78. The molecule has 0 aromatic heterocycles. The number of hydrogen-bond donors (Lipinski definition) is 0. The van der Waals surface area contributed by atoms with Crippen LogP contribution in [0.3, 0.4) is 0 Å². The lowest BCUT2D eigenvalue weighted by Gasteiger charge is -2.28. The highest BCUT2D eigenvalue weighted by atomic mass is 15.1. The molecule has 164 valence electrons. The van der Waals surface area contributed by atoms with Crippen LogP contribution in [0.5, 0.6) is 0 Å². The number of aryl methyl sites for hydroxylation is 1. The van der Waals surface area contributed by atoms with Crippen LogP contribution in [0.1, 0.15) is 83.1 Å². The number of allylic oxidation sites excluding steroid dienone is 6. The number of rotatable bonds is 9. The Morgan fingerprint density at radius 2 is 1.73 bits per heavy atom. The first-order valence-corrected chi connectivity index (χ1v) is 11.8. The summed E-state index contributed by atoms with van der Waals surface area (Å²) >= 11 is 0. The maximum Gasteiger partial charge on any atom is 0.0369 e. The maximum absolute atomic E-state index is 4.49. The first-order chi connectivity index (χ1) is 14.2. The van der Waals surface area contributed by atoms with Crippen molar-refractivity contribution in [2.24, 2.45) is 5.92 Å². The monoisotopic (exact) mass is 405 g/mol. The summed E-state index contributed by atoms with van der Waals surface area (Å²) in [4.78, 5) is 2.46. The van der Waals surface area contributed by atoms with Crippen LogP contribution in [0.15, 0.2) is 53.2 Å². The third-order valence-corrected chi connectivity index (χ3v) is 6.45. The predicted molar refractivity (Wildman–Crippen MR) is 135 cm³/mol. The zero-order valence-corrected chi connectivity index (χ0v) is 20.8. The Morgan fingerprint density at radius 1 is 1.10 bits per heavy atom. The molecule has 2 rings (SSSR count). The largest absolute Gasteiger partial charge is 0.372 e. The topological polar surface area (TPSA) is 3.24 Å². The maximum atomic E-state index is 4.49. The molecular formula is C29H43N. The Balaban J connectivity index is 2.35. The van der Waals surface area contributed by atoms with Crippen molar-refractivity contribution in [2.75, 3.05) is 13.1 Å². The molecule has 0 amide bonds. The van der Waals surface area contributed by atoms with E-state index in [4.69, 9.17) is 0 Å². The molecule has 1 atom stereocenters. The minimum absolute atomic E-state index is 0.606. The van der Waals surface area contributed by atoms with Gasteiger partial charge < -0.3 is 4.90 Å². The fourth-order valence-corrected chi connectivity index (χ4v) is 4.91. The van der Waals surface area contributed by atoms with Crippen molar-refractivity contribution in [1.29, 1.82) is 0 Å². The highest BCUT2D eigenvalue weighted by Crippen LogP contribution is 2.32. The standard InChI is InChI=1S/C29H43N/c1-10-14-30(15-11-2)26(9)27-13-12-22(5)29(25(27)8)19-21(4)18-28-23(6)16-20(3)17-24(28)7/h12-13,16,18,24H,9-11,14-15,17,19H2,1-8H3/b21-18+. The van der Waals surface area contributed by atoms with Gasteiger partial charge in [0.15, 0.2) is 0 Å². The molecule has 0 fully saturated rings. The third-order valence-electron chi connectivity index (χ3n) is 6.45. The van der Waals surface area contributed by atoms with Gasteiger partial charge in [0.2, 0.25) is 0 Å². The second kappa shape index (κ2) is 10.8. The van der Waals surface area contributed by atoms with Gasteiger partial charge in [0.05, 0.1) is 0 Å². The van der Waals surface area contributed by atoms with Crippen LogP contribution in [0.2, 0.25) is 0 Å².